The average molecular weight is 236 g/mol. The summed E-state index contributed by atoms with van der Waals surface area (Å²) in [5, 5.41) is 29.1. The fraction of sp³-hybridized carbons (Fsp3) is 1.00. The number of nitrogens with zero attached hydrogens (tertiary/aromatic N) is 2. The molecule has 16 heavy (non-hydrogen) atoms. The van der Waals surface area contributed by atoms with Gasteiger partial charge in [0.15, 0.2) is 0 Å². The lowest BCUT2D eigenvalue weighted by molar-refractivity contribution is -0.779. The van der Waals surface area contributed by atoms with E-state index in [-0.39, 0.29) is 12.8 Å². The van der Waals surface area contributed by atoms with Gasteiger partial charge in [-0.15, -0.1) is 10.1 Å². The fourth-order valence-electron chi connectivity index (χ4n) is 1.17. The van der Waals surface area contributed by atoms with Crippen LogP contribution >= 0.6 is 0 Å². The van der Waals surface area contributed by atoms with Crippen LogP contribution in [0.5, 0.6) is 0 Å². The van der Waals surface area contributed by atoms with Crippen LogP contribution in [-0.2, 0) is 4.84 Å². The highest BCUT2D eigenvalue weighted by molar-refractivity contribution is 4.77. The first-order valence-electron chi connectivity index (χ1n) is 4.72. The molecule has 8 nitrogen and oxygen atoms in total. The van der Waals surface area contributed by atoms with Crippen LogP contribution < -0.4 is 0 Å². The van der Waals surface area contributed by atoms with Gasteiger partial charge in [-0.1, -0.05) is 0 Å². The summed E-state index contributed by atoms with van der Waals surface area (Å²) >= 11 is 0. The van der Waals surface area contributed by atoms with Gasteiger partial charge >= 0.3 is 0 Å². The van der Waals surface area contributed by atoms with Gasteiger partial charge in [-0.25, -0.2) is 0 Å². The molecule has 0 aliphatic heterocycles. The molecule has 0 saturated heterocycles. The van der Waals surface area contributed by atoms with Crippen molar-refractivity contribution in [3.05, 3.63) is 20.2 Å². The van der Waals surface area contributed by atoms with Crippen LogP contribution in [-0.4, -0.2) is 32.9 Å². The number of hydrogen-bond donors (Lipinski definition) is 1. The highest BCUT2D eigenvalue weighted by atomic mass is 17.0. The summed E-state index contributed by atoms with van der Waals surface area (Å²) < 4.78 is 0. The van der Waals surface area contributed by atoms with Crippen LogP contribution in [0.3, 0.4) is 0 Å². The second-order valence-corrected chi connectivity index (χ2v) is 4.56. The van der Waals surface area contributed by atoms with E-state index in [0.717, 1.165) is 0 Å². The van der Waals surface area contributed by atoms with Crippen molar-refractivity contribution in [1.29, 1.82) is 0 Å². The van der Waals surface area contributed by atoms with Crippen molar-refractivity contribution in [2.24, 2.45) is 0 Å². The highest BCUT2D eigenvalue weighted by Gasteiger charge is 2.32. The van der Waals surface area contributed by atoms with Crippen LogP contribution in [0.2, 0.25) is 0 Å². The molecule has 0 amide bonds. The number of nitro groups is 1. The summed E-state index contributed by atoms with van der Waals surface area (Å²) in [6.07, 6.45) is 0.198. The van der Waals surface area contributed by atoms with Crippen molar-refractivity contribution in [3.8, 4) is 0 Å². The Morgan fingerprint density at radius 2 is 1.69 bits per heavy atom. The minimum absolute atomic E-state index is 0.0504. The lowest BCUT2D eigenvalue weighted by atomic mass is 9.93. The molecular weight excluding hydrogens is 220 g/mol. The van der Waals surface area contributed by atoms with E-state index >= 15 is 0 Å². The molecule has 0 aromatic carbocycles. The Hall–Kier alpha value is -1.44. The van der Waals surface area contributed by atoms with Crippen LogP contribution in [0.1, 0.15) is 33.6 Å². The maximum Gasteiger partial charge on any atom is 0.295 e. The molecular formula is C8H16N2O6. The summed E-state index contributed by atoms with van der Waals surface area (Å²) in [5.74, 6) is 0. The zero-order valence-electron chi connectivity index (χ0n) is 9.50. The Morgan fingerprint density at radius 3 is 2.06 bits per heavy atom. The Bertz CT molecular complexity index is 248. The molecule has 0 aromatic heterocycles. The summed E-state index contributed by atoms with van der Waals surface area (Å²) in [5.41, 5.74) is -2.55. The molecule has 0 rings (SSSR count). The standard InChI is InChI=1S/C8H16N2O6/c1-7(2,16-10(14)15)4-5-8(3,11)6-9(12)13/h11H,4-6H2,1-3H3. The molecule has 0 aromatic rings. The topological polar surface area (TPSA) is 116 Å². The maximum atomic E-state index is 10.2. The number of hydrogen-bond acceptors (Lipinski definition) is 6. The molecule has 0 saturated carbocycles. The molecule has 0 fully saturated rings. The van der Waals surface area contributed by atoms with Crippen LogP contribution in [0.15, 0.2) is 0 Å². The molecule has 0 spiro atoms. The Labute approximate surface area is 92.5 Å². The Morgan fingerprint density at radius 1 is 1.19 bits per heavy atom. The van der Waals surface area contributed by atoms with Gasteiger partial charge in [-0.2, -0.15) is 0 Å². The predicted molar refractivity (Wildman–Crippen MR) is 53.9 cm³/mol. The van der Waals surface area contributed by atoms with E-state index < -0.39 is 27.8 Å². The normalized spacial score (nSPS) is 15.2. The van der Waals surface area contributed by atoms with Crippen LogP contribution in [0, 0.1) is 20.2 Å². The van der Waals surface area contributed by atoms with E-state index in [1.54, 1.807) is 0 Å². The third-order valence-electron chi connectivity index (χ3n) is 2.06. The van der Waals surface area contributed by atoms with Gasteiger partial charge in [0.05, 0.1) is 0 Å². The molecule has 0 heterocycles. The summed E-state index contributed by atoms with van der Waals surface area (Å²) in [6.45, 7) is 3.69. The van der Waals surface area contributed by atoms with E-state index in [1.165, 1.54) is 20.8 Å². The largest absolute Gasteiger partial charge is 0.383 e. The van der Waals surface area contributed by atoms with E-state index in [1.807, 2.05) is 0 Å². The van der Waals surface area contributed by atoms with Gasteiger partial charge in [-0.3, -0.25) is 10.1 Å². The SMILES string of the molecule is CC(O)(CCC(C)(C)O[N+](=O)[O-])C[N+](=O)[O-]. The molecule has 1 unspecified atom stereocenters. The second kappa shape index (κ2) is 5.06. The Balaban J connectivity index is 4.21. The summed E-state index contributed by atoms with van der Waals surface area (Å²) in [7, 11) is 0. The van der Waals surface area contributed by atoms with Gasteiger partial charge in [-0.05, 0) is 33.6 Å². The quantitative estimate of drug-likeness (QED) is 0.515. The van der Waals surface area contributed by atoms with Crippen molar-refractivity contribution in [1.82, 2.24) is 0 Å². The molecule has 94 valence electrons. The number of rotatable bonds is 7. The van der Waals surface area contributed by atoms with Crippen LogP contribution in [0.25, 0.3) is 0 Å². The van der Waals surface area contributed by atoms with Crippen molar-refractivity contribution >= 4 is 0 Å². The van der Waals surface area contributed by atoms with Crippen molar-refractivity contribution in [2.75, 3.05) is 6.54 Å². The average Bonchev–Trinajstić information content (AvgIpc) is 1.96. The molecule has 8 heteroatoms. The minimum Gasteiger partial charge on any atom is -0.383 e. The molecule has 1 atom stereocenters. The van der Waals surface area contributed by atoms with Gasteiger partial charge in [0, 0.05) is 4.92 Å². The van der Waals surface area contributed by atoms with Crippen LogP contribution in [0.4, 0.5) is 0 Å². The molecule has 0 bridgehead atoms. The van der Waals surface area contributed by atoms with E-state index in [4.69, 9.17) is 0 Å². The molecule has 0 radical (unpaired) electrons. The zero-order chi connectivity index (χ0) is 13.0. The monoisotopic (exact) mass is 236 g/mol. The lowest BCUT2D eigenvalue weighted by Gasteiger charge is -2.26. The Kier molecular flexibility index (Phi) is 4.61. The first-order chi connectivity index (χ1) is 7.04. The third-order valence-corrected chi connectivity index (χ3v) is 2.06. The molecule has 0 aliphatic rings. The molecule has 0 aliphatic carbocycles. The van der Waals surface area contributed by atoms with Gasteiger partial charge in [0.2, 0.25) is 6.54 Å². The maximum absolute atomic E-state index is 10.2. The zero-order valence-corrected chi connectivity index (χ0v) is 9.50. The van der Waals surface area contributed by atoms with Crippen molar-refractivity contribution < 1.29 is 20.0 Å². The minimum atomic E-state index is -1.49. The van der Waals surface area contributed by atoms with E-state index in [2.05, 4.69) is 4.84 Å². The third kappa shape index (κ3) is 6.93. The van der Waals surface area contributed by atoms with E-state index in [9.17, 15) is 25.3 Å². The highest BCUT2D eigenvalue weighted by Crippen LogP contribution is 2.22. The van der Waals surface area contributed by atoms with E-state index in [0.29, 0.717) is 0 Å². The van der Waals surface area contributed by atoms with Crippen molar-refractivity contribution in [2.45, 2.75) is 44.8 Å². The smallest absolute Gasteiger partial charge is 0.295 e. The summed E-state index contributed by atoms with van der Waals surface area (Å²) in [6, 6.07) is 0. The lowest BCUT2D eigenvalue weighted by Crippen LogP contribution is -2.37. The fourth-order valence-corrected chi connectivity index (χ4v) is 1.17. The van der Waals surface area contributed by atoms with Gasteiger partial charge in [0.1, 0.15) is 11.2 Å². The molecule has 1 N–H and O–H groups in total. The first kappa shape index (κ1) is 14.6. The first-order valence-corrected chi connectivity index (χ1v) is 4.72. The number of aliphatic hydroxyl groups is 1. The predicted octanol–water partition coefficient (Wildman–Crippen LogP) is 0.781. The van der Waals surface area contributed by atoms with Gasteiger partial charge < -0.3 is 9.94 Å². The second-order valence-electron chi connectivity index (χ2n) is 4.56. The summed E-state index contributed by atoms with van der Waals surface area (Å²) in [4.78, 5) is 24.1. The van der Waals surface area contributed by atoms with Crippen molar-refractivity contribution in [3.63, 3.8) is 0 Å². The van der Waals surface area contributed by atoms with Gasteiger partial charge in [0.25, 0.3) is 5.09 Å².